The molecule has 1 aromatic heterocycles. The van der Waals surface area contributed by atoms with Gasteiger partial charge in [0.2, 0.25) is 0 Å². The van der Waals surface area contributed by atoms with Crippen LogP contribution in [0.3, 0.4) is 0 Å². The molecule has 0 radical (unpaired) electrons. The van der Waals surface area contributed by atoms with E-state index in [1.54, 1.807) is 11.3 Å². The highest BCUT2D eigenvalue weighted by Crippen LogP contribution is 2.59. The Bertz CT molecular complexity index is 700. The molecule has 0 saturated heterocycles. The molecule has 2 bridgehead atoms. The van der Waals surface area contributed by atoms with Crippen molar-refractivity contribution in [3.8, 4) is 0 Å². The van der Waals surface area contributed by atoms with Gasteiger partial charge in [-0.15, -0.1) is 11.3 Å². The largest absolute Gasteiger partial charge is 0.349 e. The quantitative estimate of drug-likeness (QED) is 0.871. The Kier molecular flexibility index (Phi) is 2.90. The molecule has 3 aliphatic carbocycles. The molecule has 3 unspecified atom stereocenters. The summed E-state index contributed by atoms with van der Waals surface area (Å²) in [6, 6.07) is 8.44. The number of carbonyl (C=O) groups excluding carboxylic acids is 1. The summed E-state index contributed by atoms with van der Waals surface area (Å²) in [5.41, 5.74) is 1.24. The minimum Gasteiger partial charge on any atom is -0.349 e. The normalized spacial score (nSPS) is 29.9. The van der Waals surface area contributed by atoms with Crippen LogP contribution in [-0.4, -0.2) is 11.9 Å². The zero-order valence-electron chi connectivity index (χ0n) is 12.6. The predicted octanol–water partition coefficient (Wildman–Crippen LogP) is 4.46. The molecule has 3 heteroatoms. The number of hydrogen-bond acceptors (Lipinski definition) is 2. The third kappa shape index (κ3) is 1.94. The summed E-state index contributed by atoms with van der Waals surface area (Å²) in [6.07, 6.45) is 3.70. The van der Waals surface area contributed by atoms with Crippen LogP contribution in [0.4, 0.5) is 0 Å². The second kappa shape index (κ2) is 4.57. The van der Waals surface area contributed by atoms with E-state index in [2.05, 4.69) is 36.7 Å². The van der Waals surface area contributed by atoms with Gasteiger partial charge in [0.1, 0.15) is 0 Å². The van der Waals surface area contributed by atoms with E-state index in [-0.39, 0.29) is 5.91 Å². The number of carbonyl (C=O) groups is 1. The van der Waals surface area contributed by atoms with E-state index in [1.807, 2.05) is 12.1 Å². The number of amides is 1. The van der Waals surface area contributed by atoms with E-state index in [0.29, 0.717) is 17.4 Å². The van der Waals surface area contributed by atoms with Gasteiger partial charge in [0, 0.05) is 10.7 Å². The second-order valence-corrected chi connectivity index (χ2v) is 8.08. The van der Waals surface area contributed by atoms with Crippen LogP contribution in [-0.2, 0) is 0 Å². The number of fused-ring (bicyclic) bond motifs is 3. The Morgan fingerprint density at radius 1 is 1.29 bits per heavy atom. The van der Waals surface area contributed by atoms with E-state index in [0.717, 1.165) is 22.6 Å². The summed E-state index contributed by atoms with van der Waals surface area (Å²) in [7, 11) is 0. The number of hydrogen-bond donors (Lipinski definition) is 1. The van der Waals surface area contributed by atoms with Gasteiger partial charge in [-0.1, -0.05) is 26.0 Å². The summed E-state index contributed by atoms with van der Waals surface area (Å²) in [6.45, 7) is 4.73. The molecular formula is C18H21NOS. The lowest BCUT2D eigenvalue weighted by atomic mass is 9.47. The Morgan fingerprint density at radius 3 is 2.90 bits per heavy atom. The van der Waals surface area contributed by atoms with E-state index < -0.39 is 0 Å². The monoisotopic (exact) mass is 299 g/mol. The van der Waals surface area contributed by atoms with Gasteiger partial charge in [0.25, 0.3) is 5.91 Å². The van der Waals surface area contributed by atoms with Crippen molar-refractivity contribution >= 4 is 27.3 Å². The number of rotatable bonds is 2. The first-order valence-electron chi connectivity index (χ1n) is 7.84. The first-order valence-corrected chi connectivity index (χ1v) is 8.72. The maximum atomic E-state index is 12.7. The van der Waals surface area contributed by atoms with Gasteiger partial charge in [-0.3, -0.25) is 4.79 Å². The Hall–Kier alpha value is -1.35. The maximum Gasteiger partial charge on any atom is 0.252 e. The van der Waals surface area contributed by atoms with E-state index in [4.69, 9.17) is 0 Å². The lowest BCUT2D eigenvalue weighted by molar-refractivity contribution is -0.0843. The molecule has 3 saturated carbocycles. The molecule has 2 aromatic rings. The van der Waals surface area contributed by atoms with Crippen LogP contribution in [0.5, 0.6) is 0 Å². The standard InChI is InChI=1S/C18H21NOS/c1-18(2)12-6-7-15(14(18)10-12)19-17(20)13-5-3-4-11-8-9-21-16(11)13/h3-5,8-9,12,14-15H,6-7,10H2,1-2H3,(H,19,20). The van der Waals surface area contributed by atoms with Crippen molar-refractivity contribution in [1.82, 2.24) is 5.32 Å². The fourth-order valence-corrected chi connectivity index (χ4v) is 5.31. The molecular weight excluding hydrogens is 278 g/mol. The lowest BCUT2D eigenvalue weighted by Crippen LogP contribution is -2.59. The van der Waals surface area contributed by atoms with E-state index in [9.17, 15) is 4.79 Å². The van der Waals surface area contributed by atoms with Crippen LogP contribution in [0.15, 0.2) is 29.6 Å². The lowest BCUT2D eigenvalue weighted by Gasteiger charge is -2.60. The molecule has 3 atom stereocenters. The Morgan fingerprint density at radius 2 is 2.14 bits per heavy atom. The zero-order valence-corrected chi connectivity index (χ0v) is 13.4. The average Bonchev–Trinajstić information content (AvgIpc) is 2.95. The van der Waals surface area contributed by atoms with Gasteiger partial charge in [-0.2, -0.15) is 0 Å². The van der Waals surface area contributed by atoms with Crippen molar-refractivity contribution in [1.29, 1.82) is 0 Å². The van der Waals surface area contributed by atoms with Crippen LogP contribution in [0.1, 0.15) is 43.5 Å². The minimum atomic E-state index is 0.106. The summed E-state index contributed by atoms with van der Waals surface area (Å²) < 4.78 is 1.11. The van der Waals surface area contributed by atoms with Crippen LogP contribution < -0.4 is 5.32 Å². The molecule has 110 valence electrons. The molecule has 1 N–H and O–H groups in total. The van der Waals surface area contributed by atoms with Gasteiger partial charge < -0.3 is 5.32 Å². The third-order valence-electron chi connectivity index (χ3n) is 5.90. The molecule has 0 spiro atoms. The van der Waals surface area contributed by atoms with Gasteiger partial charge in [-0.25, -0.2) is 0 Å². The maximum absolute atomic E-state index is 12.7. The first kappa shape index (κ1) is 13.3. The molecule has 2 nitrogen and oxygen atoms in total. The molecule has 3 aliphatic rings. The van der Waals surface area contributed by atoms with Crippen molar-refractivity contribution in [2.75, 3.05) is 0 Å². The van der Waals surface area contributed by atoms with Crippen LogP contribution in [0, 0.1) is 17.3 Å². The van der Waals surface area contributed by atoms with E-state index >= 15 is 0 Å². The Balaban J connectivity index is 1.57. The first-order chi connectivity index (χ1) is 10.1. The predicted molar refractivity (Wildman–Crippen MR) is 87.7 cm³/mol. The number of nitrogens with one attached hydrogen (secondary N) is 1. The smallest absolute Gasteiger partial charge is 0.252 e. The molecule has 21 heavy (non-hydrogen) atoms. The topological polar surface area (TPSA) is 29.1 Å². The van der Waals surface area contributed by atoms with Crippen LogP contribution >= 0.6 is 11.3 Å². The fourth-order valence-electron chi connectivity index (χ4n) is 4.40. The summed E-state index contributed by atoms with van der Waals surface area (Å²) >= 11 is 1.65. The zero-order chi connectivity index (χ0) is 14.6. The molecule has 1 aromatic carbocycles. The van der Waals surface area contributed by atoms with Gasteiger partial charge in [-0.05, 0) is 59.4 Å². The SMILES string of the molecule is CC1(C)C2CCC(NC(=O)c3cccc4ccsc34)C1C2. The summed E-state index contributed by atoms with van der Waals surface area (Å²) in [5, 5.41) is 6.55. The van der Waals surface area contributed by atoms with Gasteiger partial charge in [0.05, 0.1) is 5.56 Å². The highest BCUT2D eigenvalue weighted by molar-refractivity contribution is 7.17. The van der Waals surface area contributed by atoms with Crippen molar-refractivity contribution in [2.45, 2.75) is 39.2 Å². The second-order valence-electron chi connectivity index (χ2n) is 7.16. The van der Waals surface area contributed by atoms with Crippen LogP contribution in [0.25, 0.3) is 10.1 Å². The fraction of sp³-hybridized carbons (Fsp3) is 0.500. The van der Waals surface area contributed by atoms with Crippen LogP contribution in [0.2, 0.25) is 0 Å². The molecule has 1 amide bonds. The van der Waals surface area contributed by atoms with Crippen molar-refractivity contribution in [3.05, 3.63) is 35.2 Å². The molecule has 3 fully saturated rings. The number of thiophene rings is 1. The van der Waals surface area contributed by atoms with Gasteiger partial charge in [0.15, 0.2) is 0 Å². The van der Waals surface area contributed by atoms with Crippen molar-refractivity contribution in [2.24, 2.45) is 17.3 Å². The molecule has 0 aliphatic heterocycles. The van der Waals surface area contributed by atoms with E-state index in [1.165, 1.54) is 18.2 Å². The average molecular weight is 299 g/mol. The Labute approximate surface area is 129 Å². The highest BCUT2D eigenvalue weighted by Gasteiger charge is 2.54. The van der Waals surface area contributed by atoms with Crippen molar-refractivity contribution < 1.29 is 4.79 Å². The molecule has 5 rings (SSSR count). The third-order valence-corrected chi connectivity index (χ3v) is 6.86. The summed E-state index contributed by atoms with van der Waals surface area (Å²) in [5.74, 6) is 1.63. The minimum absolute atomic E-state index is 0.106. The summed E-state index contributed by atoms with van der Waals surface area (Å²) in [4.78, 5) is 12.7. The van der Waals surface area contributed by atoms with Gasteiger partial charge >= 0.3 is 0 Å². The molecule has 1 heterocycles. The van der Waals surface area contributed by atoms with Crippen molar-refractivity contribution in [3.63, 3.8) is 0 Å². The number of benzene rings is 1. The highest BCUT2D eigenvalue weighted by atomic mass is 32.1.